The summed E-state index contributed by atoms with van der Waals surface area (Å²) >= 11 is 0. The van der Waals surface area contributed by atoms with Gasteiger partial charge in [0.1, 0.15) is 6.26 Å². The first-order chi connectivity index (χ1) is 13.6. The highest BCUT2D eigenvalue weighted by molar-refractivity contribution is 5.97. The number of hydrogen-bond acceptors (Lipinski definition) is 6. The Kier molecular flexibility index (Phi) is 4.72. The molecule has 0 bridgehead atoms. The molecule has 28 heavy (non-hydrogen) atoms. The second-order valence-corrected chi connectivity index (χ2v) is 6.22. The number of Topliss-reactive ketones (excluding diaryl/α,β-unsaturated/α-hetero) is 1. The van der Waals surface area contributed by atoms with E-state index in [9.17, 15) is 9.18 Å². The minimum atomic E-state index is -0.643. The van der Waals surface area contributed by atoms with Crippen LogP contribution in [-0.2, 0) is 6.42 Å². The lowest BCUT2D eigenvalue weighted by Gasteiger charge is -2.08. The number of ketones is 1. The molecule has 0 unspecified atom stereocenters. The van der Waals surface area contributed by atoms with Gasteiger partial charge in [-0.05, 0) is 30.7 Å². The third-order valence-corrected chi connectivity index (χ3v) is 4.31. The Balaban J connectivity index is 1.58. The van der Waals surface area contributed by atoms with Crippen molar-refractivity contribution in [2.45, 2.75) is 13.3 Å². The average molecular weight is 374 g/mol. The number of hydrogen-bond donors (Lipinski definition) is 0. The number of halogens is 1. The van der Waals surface area contributed by atoms with Gasteiger partial charge in [-0.25, -0.2) is 9.37 Å². The molecule has 0 aliphatic rings. The molecule has 0 radical (unpaired) electrons. The van der Waals surface area contributed by atoms with Gasteiger partial charge in [-0.3, -0.25) is 19.7 Å². The minimum absolute atomic E-state index is 0.00429. The summed E-state index contributed by atoms with van der Waals surface area (Å²) in [6.45, 7) is 1.97. The zero-order chi connectivity index (χ0) is 19.5. The molecule has 0 atom stereocenters. The summed E-state index contributed by atoms with van der Waals surface area (Å²) < 4.78 is 19.0. The van der Waals surface area contributed by atoms with Crippen LogP contribution < -0.4 is 0 Å². The van der Waals surface area contributed by atoms with Crippen LogP contribution in [-0.4, -0.2) is 25.7 Å². The number of benzene rings is 1. The molecule has 4 aromatic rings. The Bertz CT molecular complexity index is 1130. The Morgan fingerprint density at radius 2 is 1.96 bits per heavy atom. The molecular weight excluding hydrogens is 359 g/mol. The summed E-state index contributed by atoms with van der Waals surface area (Å²) in [6, 6.07) is 7.17. The summed E-state index contributed by atoms with van der Waals surface area (Å²) in [7, 11) is 0. The molecule has 0 amide bonds. The van der Waals surface area contributed by atoms with Crippen molar-refractivity contribution >= 4 is 5.78 Å². The predicted octanol–water partition coefficient (Wildman–Crippen LogP) is 4.07. The maximum Gasteiger partial charge on any atom is 0.225 e. The van der Waals surface area contributed by atoms with E-state index in [0.29, 0.717) is 17.3 Å². The van der Waals surface area contributed by atoms with Crippen molar-refractivity contribution in [2.24, 2.45) is 0 Å². The minimum Gasteiger partial charge on any atom is -0.445 e. The van der Waals surface area contributed by atoms with E-state index in [2.05, 4.69) is 19.9 Å². The predicted molar refractivity (Wildman–Crippen MR) is 99.9 cm³/mol. The van der Waals surface area contributed by atoms with E-state index in [-0.39, 0.29) is 17.8 Å². The van der Waals surface area contributed by atoms with E-state index < -0.39 is 5.82 Å². The van der Waals surface area contributed by atoms with Gasteiger partial charge < -0.3 is 4.42 Å². The maximum absolute atomic E-state index is 13.7. The standard InChI is InChI=1S/C21H15FN4O2/c1-13-2-3-14(21-24-6-7-28-21)8-17(13)19-12-25-15(10-26-19)9-20(27)16-4-5-23-11-18(16)22/h2-8,10-12H,9H2,1H3. The molecule has 0 aliphatic carbocycles. The fraction of sp³-hybridized carbons (Fsp3) is 0.0952. The molecule has 0 N–H and O–H groups in total. The highest BCUT2D eigenvalue weighted by Crippen LogP contribution is 2.27. The van der Waals surface area contributed by atoms with Crippen LogP contribution >= 0.6 is 0 Å². The summed E-state index contributed by atoms with van der Waals surface area (Å²) in [5, 5.41) is 0. The summed E-state index contributed by atoms with van der Waals surface area (Å²) in [5.74, 6) is -0.490. The van der Waals surface area contributed by atoms with Crippen molar-refractivity contribution in [3.63, 3.8) is 0 Å². The van der Waals surface area contributed by atoms with Crippen molar-refractivity contribution in [2.75, 3.05) is 0 Å². The van der Waals surface area contributed by atoms with Gasteiger partial charge >= 0.3 is 0 Å². The Labute approximate surface area is 160 Å². The van der Waals surface area contributed by atoms with Crippen LogP contribution in [0.4, 0.5) is 4.39 Å². The summed E-state index contributed by atoms with van der Waals surface area (Å²) in [4.78, 5) is 28.8. The van der Waals surface area contributed by atoms with E-state index in [1.807, 2.05) is 25.1 Å². The normalized spacial score (nSPS) is 10.8. The summed E-state index contributed by atoms with van der Waals surface area (Å²) in [5.41, 5.74) is 3.87. The fourth-order valence-corrected chi connectivity index (χ4v) is 2.84. The van der Waals surface area contributed by atoms with Crippen LogP contribution in [0.1, 0.15) is 21.6 Å². The molecule has 0 fully saturated rings. The van der Waals surface area contributed by atoms with Crippen LogP contribution in [0.15, 0.2) is 65.9 Å². The summed E-state index contributed by atoms with van der Waals surface area (Å²) in [6.07, 6.45) is 8.61. The van der Waals surface area contributed by atoms with Gasteiger partial charge in [0.25, 0.3) is 0 Å². The zero-order valence-corrected chi connectivity index (χ0v) is 15.0. The second kappa shape index (κ2) is 7.48. The van der Waals surface area contributed by atoms with Crippen LogP contribution in [0.2, 0.25) is 0 Å². The fourth-order valence-electron chi connectivity index (χ4n) is 2.84. The molecule has 3 heterocycles. The van der Waals surface area contributed by atoms with Crippen molar-refractivity contribution in [1.82, 2.24) is 19.9 Å². The number of aromatic nitrogens is 4. The van der Waals surface area contributed by atoms with E-state index in [1.54, 1.807) is 12.4 Å². The maximum atomic E-state index is 13.7. The van der Waals surface area contributed by atoms with Gasteiger partial charge in [0, 0.05) is 23.5 Å². The molecule has 0 spiro atoms. The van der Waals surface area contributed by atoms with Crippen LogP contribution in [0.3, 0.4) is 0 Å². The second-order valence-electron chi connectivity index (χ2n) is 6.22. The largest absolute Gasteiger partial charge is 0.445 e. The van der Waals surface area contributed by atoms with Gasteiger partial charge in [0.15, 0.2) is 11.6 Å². The van der Waals surface area contributed by atoms with Gasteiger partial charge in [-0.2, -0.15) is 0 Å². The average Bonchev–Trinajstić information content (AvgIpc) is 3.24. The van der Waals surface area contributed by atoms with E-state index in [1.165, 1.54) is 24.7 Å². The van der Waals surface area contributed by atoms with E-state index in [4.69, 9.17) is 4.42 Å². The van der Waals surface area contributed by atoms with Crippen molar-refractivity contribution in [1.29, 1.82) is 0 Å². The molecule has 4 rings (SSSR count). The van der Waals surface area contributed by atoms with Crippen molar-refractivity contribution in [3.8, 4) is 22.7 Å². The van der Waals surface area contributed by atoms with Crippen molar-refractivity contribution < 1.29 is 13.6 Å². The van der Waals surface area contributed by atoms with Gasteiger partial charge in [0.05, 0.1) is 42.0 Å². The Morgan fingerprint density at radius 3 is 2.68 bits per heavy atom. The van der Waals surface area contributed by atoms with E-state index in [0.717, 1.165) is 22.9 Å². The van der Waals surface area contributed by atoms with Crippen LogP contribution in [0.5, 0.6) is 0 Å². The van der Waals surface area contributed by atoms with E-state index >= 15 is 0 Å². The number of rotatable bonds is 5. The molecule has 1 aromatic carbocycles. The third-order valence-electron chi connectivity index (χ3n) is 4.31. The van der Waals surface area contributed by atoms with Crippen LogP contribution in [0.25, 0.3) is 22.7 Å². The lowest BCUT2D eigenvalue weighted by Crippen LogP contribution is -2.08. The molecule has 6 nitrogen and oxygen atoms in total. The number of nitrogens with zero attached hydrogens (tertiary/aromatic N) is 4. The Hall–Kier alpha value is -3.74. The molecular formula is C21H15FN4O2. The number of pyridine rings is 1. The van der Waals surface area contributed by atoms with Crippen LogP contribution in [0, 0.1) is 12.7 Å². The SMILES string of the molecule is Cc1ccc(-c2ncco2)cc1-c1cnc(CC(=O)c2ccncc2F)cn1. The van der Waals surface area contributed by atoms with Gasteiger partial charge in [-0.15, -0.1) is 0 Å². The number of carbonyl (C=O) groups is 1. The van der Waals surface area contributed by atoms with Crippen molar-refractivity contribution in [3.05, 3.63) is 84.2 Å². The lowest BCUT2D eigenvalue weighted by atomic mass is 10.0. The molecule has 0 saturated carbocycles. The molecule has 0 saturated heterocycles. The first-order valence-electron chi connectivity index (χ1n) is 8.56. The van der Waals surface area contributed by atoms with Gasteiger partial charge in [-0.1, -0.05) is 6.07 Å². The number of carbonyl (C=O) groups excluding carboxylic acids is 1. The first kappa shape index (κ1) is 17.7. The topological polar surface area (TPSA) is 81.8 Å². The monoisotopic (exact) mass is 374 g/mol. The molecule has 138 valence electrons. The number of oxazole rings is 1. The smallest absolute Gasteiger partial charge is 0.225 e. The Morgan fingerprint density at radius 1 is 1.07 bits per heavy atom. The number of aryl methyl sites for hydroxylation is 1. The highest BCUT2D eigenvalue weighted by atomic mass is 19.1. The zero-order valence-electron chi connectivity index (χ0n) is 15.0. The molecule has 3 aromatic heterocycles. The first-order valence-corrected chi connectivity index (χ1v) is 8.56. The highest BCUT2D eigenvalue weighted by Gasteiger charge is 2.14. The lowest BCUT2D eigenvalue weighted by molar-refractivity contribution is 0.0988. The molecule has 7 heteroatoms. The third kappa shape index (κ3) is 3.55. The molecule has 0 aliphatic heterocycles. The van der Waals surface area contributed by atoms with Gasteiger partial charge in [0.2, 0.25) is 5.89 Å². The quantitative estimate of drug-likeness (QED) is 0.490.